The summed E-state index contributed by atoms with van der Waals surface area (Å²) in [4.78, 5) is 29.4. The van der Waals surface area contributed by atoms with Crippen LogP contribution in [-0.2, 0) is 0 Å². The number of anilines is 2. The third-order valence-corrected chi connectivity index (χ3v) is 6.61. The molecular weight excluding hydrogens is 426 g/mol. The summed E-state index contributed by atoms with van der Waals surface area (Å²) in [5.41, 5.74) is 14.9. The molecule has 0 aromatic heterocycles. The van der Waals surface area contributed by atoms with Crippen LogP contribution in [0.3, 0.4) is 0 Å². The van der Waals surface area contributed by atoms with Crippen molar-refractivity contribution in [1.82, 2.24) is 10.2 Å². The first-order valence-electron chi connectivity index (χ1n) is 11.2. The van der Waals surface area contributed by atoms with Crippen LogP contribution in [0, 0.1) is 0 Å². The van der Waals surface area contributed by atoms with Crippen molar-refractivity contribution in [2.24, 2.45) is 5.73 Å². The van der Waals surface area contributed by atoms with Crippen LogP contribution < -0.4 is 21.7 Å². The maximum absolute atomic E-state index is 12.7. The summed E-state index contributed by atoms with van der Waals surface area (Å²) in [6, 6.07) is 12.9. The highest BCUT2D eigenvalue weighted by Gasteiger charge is 2.24. The minimum atomic E-state index is -0.0966. The molecule has 0 radical (unpaired) electrons. The Bertz CT molecular complexity index is 982. The summed E-state index contributed by atoms with van der Waals surface area (Å²) in [5, 5.41) is 3.66. The number of piperazine rings is 1. The summed E-state index contributed by atoms with van der Waals surface area (Å²) < 4.78 is 0. The molecule has 7 nitrogen and oxygen atoms in total. The first kappa shape index (κ1) is 22.4. The van der Waals surface area contributed by atoms with E-state index in [4.69, 9.17) is 23.1 Å². The number of hydrogen-bond acceptors (Lipinski definition) is 5. The zero-order chi connectivity index (χ0) is 22.7. The van der Waals surface area contributed by atoms with E-state index in [-0.39, 0.29) is 23.9 Å². The average molecular weight is 456 g/mol. The van der Waals surface area contributed by atoms with E-state index in [2.05, 4.69) is 10.2 Å². The van der Waals surface area contributed by atoms with Gasteiger partial charge in [-0.05, 0) is 62.1 Å². The zero-order valence-electron chi connectivity index (χ0n) is 18.1. The molecule has 2 aromatic rings. The highest BCUT2D eigenvalue weighted by Crippen LogP contribution is 2.26. The SMILES string of the molecule is Nc1cc(C(=O)NC2CCC(N)CC2)ccc1N1CCN(C(=O)c2cccc(Cl)c2)CC1. The second kappa shape index (κ2) is 9.79. The van der Waals surface area contributed by atoms with Crippen LogP contribution in [0.15, 0.2) is 42.5 Å². The summed E-state index contributed by atoms with van der Waals surface area (Å²) >= 11 is 6.02. The standard InChI is InChI=1S/C24H30ClN5O2/c25-18-3-1-2-17(14-18)24(32)30-12-10-29(11-13-30)22-9-4-16(15-21(22)27)23(31)28-20-7-5-19(26)6-8-20/h1-4,9,14-15,19-20H,5-8,10-13,26-27H2,(H,28,31). The maximum Gasteiger partial charge on any atom is 0.254 e. The van der Waals surface area contributed by atoms with E-state index >= 15 is 0 Å². The highest BCUT2D eigenvalue weighted by atomic mass is 35.5. The van der Waals surface area contributed by atoms with E-state index in [1.807, 2.05) is 17.0 Å². The molecule has 1 saturated carbocycles. The van der Waals surface area contributed by atoms with Crippen LogP contribution in [-0.4, -0.2) is 55.0 Å². The van der Waals surface area contributed by atoms with Crippen molar-refractivity contribution in [3.05, 3.63) is 58.6 Å². The summed E-state index contributed by atoms with van der Waals surface area (Å²) in [6.45, 7) is 2.53. The number of amides is 2. The number of hydrogen-bond donors (Lipinski definition) is 3. The number of nitrogen functional groups attached to an aromatic ring is 1. The third-order valence-electron chi connectivity index (χ3n) is 6.38. The first-order valence-corrected chi connectivity index (χ1v) is 11.5. The molecule has 1 heterocycles. The van der Waals surface area contributed by atoms with Crippen molar-refractivity contribution in [3.8, 4) is 0 Å². The fourth-order valence-electron chi connectivity index (χ4n) is 4.47. The molecule has 2 fully saturated rings. The lowest BCUT2D eigenvalue weighted by molar-refractivity contribution is 0.0746. The largest absolute Gasteiger partial charge is 0.397 e. The van der Waals surface area contributed by atoms with Gasteiger partial charge in [-0.25, -0.2) is 0 Å². The Hall–Kier alpha value is -2.77. The molecule has 2 aromatic carbocycles. The van der Waals surface area contributed by atoms with Crippen LogP contribution in [0.5, 0.6) is 0 Å². The van der Waals surface area contributed by atoms with Gasteiger partial charge in [-0.3, -0.25) is 9.59 Å². The first-order chi connectivity index (χ1) is 15.4. The molecule has 32 heavy (non-hydrogen) atoms. The molecule has 0 unspecified atom stereocenters. The van der Waals surface area contributed by atoms with Gasteiger partial charge in [-0.1, -0.05) is 17.7 Å². The smallest absolute Gasteiger partial charge is 0.254 e. The molecule has 1 aliphatic heterocycles. The van der Waals surface area contributed by atoms with Crippen molar-refractivity contribution in [1.29, 1.82) is 0 Å². The average Bonchev–Trinajstić information content (AvgIpc) is 2.80. The minimum Gasteiger partial charge on any atom is -0.397 e. The molecule has 2 aliphatic rings. The molecule has 170 valence electrons. The zero-order valence-corrected chi connectivity index (χ0v) is 18.9. The molecule has 0 spiro atoms. The van der Waals surface area contributed by atoms with Crippen molar-refractivity contribution in [2.45, 2.75) is 37.8 Å². The molecule has 1 aliphatic carbocycles. The van der Waals surface area contributed by atoms with E-state index in [9.17, 15) is 9.59 Å². The van der Waals surface area contributed by atoms with E-state index < -0.39 is 0 Å². The second-order valence-corrected chi connectivity index (χ2v) is 9.08. The van der Waals surface area contributed by atoms with Gasteiger partial charge >= 0.3 is 0 Å². The Morgan fingerprint density at radius 3 is 2.31 bits per heavy atom. The number of nitrogens with zero attached hydrogens (tertiary/aromatic N) is 2. The number of halogens is 1. The van der Waals surface area contributed by atoms with Crippen LogP contribution in [0.1, 0.15) is 46.4 Å². The number of carbonyl (C=O) groups excluding carboxylic acids is 2. The predicted molar refractivity (Wildman–Crippen MR) is 128 cm³/mol. The minimum absolute atomic E-state index is 0.0178. The van der Waals surface area contributed by atoms with E-state index in [0.717, 1.165) is 31.4 Å². The van der Waals surface area contributed by atoms with E-state index in [1.54, 1.807) is 30.3 Å². The molecule has 2 amide bonds. The van der Waals surface area contributed by atoms with Crippen LogP contribution >= 0.6 is 11.6 Å². The molecule has 0 atom stereocenters. The number of carbonyl (C=O) groups is 2. The highest BCUT2D eigenvalue weighted by molar-refractivity contribution is 6.30. The normalized spacial score (nSPS) is 21.3. The van der Waals surface area contributed by atoms with Gasteiger partial charge < -0.3 is 26.6 Å². The summed E-state index contributed by atoms with van der Waals surface area (Å²) in [7, 11) is 0. The Morgan fingerprint density at radius 1 is 0.938 bits per heavy atom. The van der Waals surface area contributed by atoms with E-state index in [0.29, 0.717) is 48.0 Å². The van der Waals surface area contributed by atoms with Gasteiger partial charge in [0.1, 0.15) is 0 Å². The molecule has 1 saturated heterocycles. The molecular formula is C24H30ClN5O2. The number of benzene rings is 2. The Morgan fingerprint density at radius 2 is 1.66 bits per heavy atom. The third kappa shape index (κ3) is 5.16. The van der Waals surface area contributed by atoms with Crippen LogP contribution in [0.2, 0.25) is 5.02 Å². The topological polar surface area (TPSA) is 105 Å². The maximum atomic E-state index is 12.7. The van der Waals surface area contributed by atoms with Crippen molar-refractivity contribution in [3.63, 3.8) is 0 Å². The Kier molecular flexibility index (Phi) is 6.86. The van der Waals surface area contributed by atoms with Gasteiger partial charge in [-0.2, -0.15) is 0 Å². The van der Waals surface area contributed by atoms with Gasteiger partial charge in [0.15, 0.2) is 0 Å². The van der Waals surface area contributed by atoms with Gasteiger partial charge in [0.2, 0.25) is 0 Å². The Balaban J connectivity index is 1.35. The predicted octanol–water partition coefficient (Wildman–Crippen LogP) is 2.88. The van der Waals surface area contributed by atoms with Crippen molar-refractivity contribution < 1.29 is 9.59 Å². The Labute approximate surface area is 193 Å². The lowest BCUT2D eigenvalue weighted by Gasteiger charge is -2.36. The lowest BCUT2D eigenvalue weighted by atomic mass is 9.91. The molecule has 5 N–H and O–H groups in total. The van der Waals surface area contributed by atoms with Gasteiger partial charge in [-0.15, -0.1) is 0 Å². The summed E-state index contributed by atoms with van der Waals surface area (Å²) in [5.74, 6) is -0.114. The number of rotatable bonds is 4. The van der Waals surface area contributed by atoms with Gasteiger partial charge in [0.05, 0.1) is 11.4 Å². The van der Waals surface area contributed by atoms with E-state index in [1.165, 1.54) is 0 Å². The molecule has 8 heteroatoms. The van der Waals surface area contributed by atoms with Crippen LogP contribution in [0.4, 0.5) is 11.4 Å². The second-order valence-electron chi connectivity index (χ2n) is 8.65. The van der Waals surface area contributed by atoms with Gasteiger partial charge in [0.25, 0.3) is 11.8 Å². The summed E-state index contributed by atoms with van der Waals surface area (Å²) in [6.07, 6.45) is 3.72. The number of nitrogens with two attached hydrogens (primary N) is 2. The van der Waals surface area contributed by atoms with Crippen molar-refractivity contribution >= 4 is 34.8 Å². The van der Waals surface area contributed by atoms with Crippen LogP contribution in [0.25, 0.3) is 0 Å². The number of nitrogens with one attached hydrogen (secondary N) is 1. The quantitative estimate of drug-likeness (QED) is 0.615. The monoisotopic (exact) mass is 455 g/mol. The molecule has 4 rings (SSSR count). The fourth-order valence-corrected chi connectivity index (χ4v) is 4.66. The van der Waals surface area contributed by atoms with Gasteiger partial charge in [0, 0.05) is 54.4 Å². The molecule has 0 bridgehead atoms. The fraction of sp³-hybridized carbons (Fsp3) is 0.417. The lowest BCUT2D eigenvalue weighted by Crippen LogP contribution is -2.49. The van der Waals surface area contributed by atoms with Crippen molar-refractivity contribution in [2.75, 3.05) is 36.8 Å².